The number of allylic oxidation sites excluding steroid dienone is 1. The molecule has 3 aromatic heterocycles. The summed E-state index contributed by atoms with van der Waals surface area (Å²) in [5, 5.41) is 4.28. The fourth-order valence-corrected chi connectivity index (χ4v) is 4.61. The SMILES string of the molecule is C=C(C)CCC(C)(C)c1noc(N2CCC(N(C(=O)c3cnc(-c4cnco4)cn3)C3CC3)CC2)n1. The topological polar surface area (TPSA) is 114 Å². The van der Waals surface area contributed by atoms with E-state index in [1.54, 1.807) is 12.4 Å². The lowest BCUT2D eigenvalue weighted by atomic mass is 9.86. The third-order valence-electron chi connectivity index (χ3n) is 7.06. The van der Waals surface area contributed by atoms with Gasteiger partial charge in [0.25, 0.3) is 5.91 Å². The molecule has 10 heteroatoms. The maximum atomic E-state index is 13.4. The van der Waals surface area contributed by atoms with Crippen LogP contribution in [0.1, 0.15) is 75.6 Å². The lowest BCUT2D eigenvalue weighted by Crippen LogP contribution is -2.48. The Morgan fingerprint density at radius 3 is 2.50 bits per heavy atom. The number of hydrogen-bond donors (Lipinski definition) is 0. The van der Waals surface area contributed by atoms with E-state index in [4.69, 9.17) is 13.9 Å². The molecule has 5 rings (SSSR count). The summed E-state index contributed by atoms with van der Waals surface area (Å²) in [4.78, 5) is 34.9. The summed E-state index contributed by atoms with van der Waals surface area (Å²) in [6.45, 7) is 11.8. The van der Waals surface area contributed by atoms with E-state index in [9.17, 15) is 4.79 Å². The van der Waals surface area contributed by atoms with E-state index in [1.807, 2.05) is 11.8 Å². The van der Waals surface area contributed by atoms with Crippen molar-refractivity contribution in [3.63, 3.8) is 0 Å². The van der Waals surface area contributed by atoms with Crippen molar-refractivity contribution in [2.24, 2.45) is 0 Å². The summed E-state index contributed by atoms with van der Waals surface area (Å²) in [5.74, 6) is 1.19. The number of aromatic nitrogens is 5. The van der Waals surface area contributed by atoms with Crippen molar-refractivity contribution >= 4 is 11.9 Å². The summed E-state index contributed by atoms with van der Waals surface area (Å²) in [5.41, 5.74) is 1.88. The number of piperidine rings is 1. The van der Waals surface area contributed by atoms with E-state index < -0.39 is 0 Å². The average Bonchev–Trinajstić information content (AvgIpc) is 3.34. The Bertz CT molecular complexity index is 1190. The molecule has 1 saturated heterocycles. The van der Waals surface area contributed by atoms with Gasteiger partial charge in [0.05, 0.1) is 18.6 Å². The Hall–Kier alpha value is -3.56. The predicted molar refractivity (Wildman–Crippen MR) is 133 cm³/mol. The van der Waals surface area contributed by atoms with Crippen LogP contribution in [0.2, 0.25) is 0 Å². The van der Waals surface area contributed by atoms with Crippen molar-refractivity contribution in [2.45, 2.75) is 76.8 Å². The largest absolute Gasteiger partial charge is 0.442 e. The van der Waals surface area contributed by atoms with Gasteiger partial charge in [-0.2, -0.15) is 4.98 Å². The highest BCUT2D eigenvalue weighted by Gasteiger charge is 2.40. The summed E-state index contributed by atoms with van der Waals surface area (Å²) < 4.78 is 10.9. The first-order valence-corrected chi connectivity index (χ1v) is 12.6. The molecule has 1 saturated carbocycles. The third kappa shape index (κ3) is 5.17. The van der Waals surface area contributed by atoms with Crippen LogP contribution in [0.4, 0.5) is 6.01 Å². The van der Waals surface area contributed by atoms with Crippen molar-refractivity contribution in [3.05, 3.63) is 48.7 Å². The van der Waals surface area contributed by atoms with Crippen LogP contribution in [-0.2, 0) is 5.41 Å². The number of amides is 1. The molecule has 36 heavy (non-hydrogen) atoms. The van der Waals surface area contributed by atoms with E-state index in [2.05, 4.69) is 45.4 Å². The number of carbonyl (C=O) groups is 1. The number of anilines is 1. The maximum absolute atomic E-state index is 13.4. The second-order valence-electron chi connectivity index (χ2n) is 10.6. The standard InChI is InChI=1S/C26H33N7O3/c1-17(2)7-10-26(3,4)24-30-25(36-31-24)32-11-8-19(9-12-32)33(18-5-6-18)23(34)21-14-28-20(13-29-21)22-15-27-16-35-22/h13-16,18-19H,1,5-12H2,2-4H3. The van der Waals surface area contributed by atoms with Gasteiger partial charge in [-0.25, -0.2) is 15.0 Å². The third-order valence-corrected chi connectivity index (χ3v) is 7.06. The summed E-state index contributed by atoms with van der Waals surface area (Å²) in [6.07, 6.45) is 11.6. The van der Waals surface area contributed by atoms with Crippen LogP contribution in [0, 0.1) is 0 Å². The fraction of sp³-hybridized carbons (Fsp3) is 0.538. The number of carbonyl (C=O) groups excluding carboxylic acids is 1. The van der Waals surface area contributed by atoms with Crippen molar-refractivity contribution in [1.82, 2.24) is 30.0 Å². The Kier molecular flexibility index (Phi) is 6.59. The molecule has 0 radical (unpaired) electrons. The first-order chi connectivity index (χ1) is 17.3. The zero-order valence-corrected chi connectivity index (χ0v) is 21.2. The van der Waals surface area contributed by atoms with Gasteiger partial charge in [0.1, 0.15) is 11.4 Å². The quantitative estimate of drug-likeness (QED) is 0.401. The lowest BCUT2D eigenvalue weighted by Gasteiger charge is -2.38. The van der Waals surface area contributed by atoms with Crippen LogP contribution in [0.15, 0.2) is 46.1 Å². The maximum Gasteiger partial charge on any atom is 0.324 e. The van der Waals surface area contributed by atoms with E-state index in [-0.39, 0.29) is 23.4 Å². The van der Waals surface area contributed by atoms with Crippen LogP contribution in [0.5, 0.6) is 0 Å². The molecular formula is C26H33N7O3. The minimum atomic E-state index is -0.182. The van der Waals surface area contributed by atoms with Gasteiger partial charge in [-0.1, -0.05) is 24.6 Å². The molecule has 0 spiro atoms. The zero-order valence-electron chi connectivity index (χ0n) is 21.2. The minimum absolute atomic E-state index is 0.0630. The van der Waals surface area contributed by atoms with Crippen LogP contribution in [0.3, 0.4) is 0 Å². The normalized spacial score (nSPS) is 16.8. The van der Waals surface area contributed by atoms with Gasteiger partial charge in [-0.3, -0.25) is 4.79 Å². The molecule has 4 heterocycles. The molecule has 1 aliphatic carbocycles. The summed E-state index contributed by atoms with van der Waals surface area (Å²) in [7, 11) is 0. The van der Waals surface area contributed by atoms with Crippen LogP contribution < -0.4 is 4.90 Å². The molecule has 0 N–H and O–H groups in total. The van der Waals surface area contributed by atoms with Gasteiger partial charge in [0.2, 0.25) is 0 Å². The molecule has 0 unspecified atom stereocenters. The predicted octanol–water partition coefficient (Wildman–Crippen LogP) is 4.42. The van der Waals surface area contributed by atoms with Gasteiger partial charge in [-0.15, -0.1) is 6.58 Å². The first kappa shape index (κ1) is 24.1. The van der Waals surface area contributed by atoms with E-state index in [0.29, 0.717) is 23.2 Å². The number of hydrogen-bond acceptors (Lipinski definition) is 9. The highest BCUT2D eigenvalue weighted by Crippen LogP contribution is 2.34. The van der Waals surface area contributed by atoms with Crippen molar-refractivity contribution < 1.29 is 13.7 Å². The monoisotopic (exact) mass is 491 g/mol. The number of oxazole rings is 1. The van der Waals surface area contributed by atoms with E-state index in [0.717, 1.165) is 63.0 Å². The van der Waals surface area contributed by atoms with Gasteiger partial charge in [0, 0.05) is 30.6 Å². The Morgan fingerprint density at radius 2 is 1.89 bits per heavy atom. The molecule has 0 atom stereocenters. The lowest BCUT2D eigenvalue weighted by molar-refractivity contribution is 0.0623. The van der Waals surface area contributed by atoms with Crippen LogP contribution in [0.25, 0.3) is 11.5 Å². The second-order valence-corrected chi connectivity index (χ2v) is 10.6. The molecule has 0 bridgehead atoms. The van der Waals surface area contributed by atoms with E-state index in [1.165, 1.54) is 12.6 Å². The molecule has 0 aromatic carbocycles. The smallest absolute Gasteiger partial charge is 0.324 e. The molecule has 1 amide bonds. The fourth-order valence-electron chi connectivity index (χ4n) is 4.61. The summed E-state index contributed by atoms with van der Waals surface area (Å²) in [6, 6.07) is 0.977. The van der Waals surface area contributed by atoms with Crippen molar-refractivity contribution in [2.75, 3.05) is 18.0 Å². The Morgan fingerprint density at radius 1 is 1.14 bits per heavy atom. The van der Waals surface area contributed by atoms with Gasteiger partial charge >= 0.3 is 6.01 Å². The molecule has 3 aromatic rings. The second kappa shape index (κ2) is 9.83. The highest BCUT2D eigenvalue weighted by molar-refractivity contribution is 5.92. The Labute approximate surface area is 210 Å². The molecule has 1 aliphatic heterocycles. The number of nitrogens with zero attached hydrogens (tertiary/aromatic N) is 7. The van der Waals surface area contributed by atoms with Gasteiger partial charge in [-0.05, 0) is 45.4 Å². The van der Waals surface area contributed by atoms with Gasteiger partial charge < -0.3 is 18.7 Å². The molecular weight excluding hydrogens is 458 g/mol. The van der Waals surface area contributed by atoms with Crippen molar-refractivity contribution in [3.8, 4) is 11.5 Å². The number of rotatable bonds is 9. The molecule has 190 valence electrons. The highest BCUT2D eigenvalue weighted by atomic mass is 16.5. The van der Waals surface area contributed by atoms with Crippen LogP contribution >= 0.6 is 0 Å². The summed E-state index contributed by atoms with van der Waals surface area (Å²) >= 11 is 0. The molecule has 2 aliphatic rings. The average molecular weight is 492 g/mol. The molecule has 10 nitrogen and oxygen atoms in total. The Balaban J connectivity index is 1.22. The molecule has 2 fully saturated rings. The minimum Gasteiger partial charge on any atom is -0.442 e. The van der Waals surface area contributed by atoms with Gasteiger partial charge in [0.15, 0.2) is 18.0 Å². The van der Waals surface area contributed by atoms with Crippen molar-refractivity contribution in [1.29, 1.82) is 0 Å². The van der Waals surface area contributed by atoms with E-state index >= 15 is 0 Å². The first-order valence-electron chi connectivity index (χ1n) is 12.6. The van der Waals surface area contributed by atoms with Crippen LogP contribution in [-0.4, -0.2) is 61.1 Å². The zero-order chi connectivity index (χ0) is 25.3.